The SMILES string of the molecule is NC(c1ccc(I)cc1)c1cc(F)c(F)cc1Cl. The third-order valence-electron chi connectivity index (χ3n) is 2.60. The summed E-state index contributed by atoms with van der Waals surface area (Å²) in [4.78, 5) is 0. The average molecular weight is 380 g/mol. The molecular formula is C13H9ClF2IN. The van der Waals surface area contributed by atoms with Gasteiger partial charge in [0.15, 0.2) is 11.6 Å². The number of halogens is 4. The van der Waals surface area contributed by atoms with Crippen molar-refractivity contribution >= 4 is 34.2 Å². The molecular weight excluding hydrogens is 371 g/mol. The van der Waals surface area contributed by atoms with E-state index in [1.165, 1.54) is 0 Å². The zero-order valence-corrected chi connectivity index (χ0v) is 12.0. The van der Waals surface area contributed by atoms with Crippen LogP contribution in [0.1, 0.15) is 17.2 Å². The fourth-order valence-corrected chi connectivity index (χ4v) is 2.25. The lowest BCUT2D eigenvalue weighted by Gasteiger charge is -2.14. The van der Waals surface area contributed by atoms with E-state index in [-0.39, 0.29) is 5.02 Å². The van der Waals surface area contributed by atoms with Gasteiger partial charge in [-0.1, -0.05) is 23.7 Å². The lowest BCUT2D eigenvalue weighted by molar-refractivity contribution is 0.506. The van der Waals surface area contributed by atoms with Crippen LogP contribution >= 0.6 is 34.2 Å². The summed E-state index contributed by atoms with van der Waals surface area (Å²) in [5.74, 6) is -1.92. The van der Waals surface area contributed by atoms with Crippen LogP contribution < -0.4 is 5.73 Å². The third-order valence-corrected chi connectivity index (χ3v) is 3.65. The highest BCUT2D eigenvalue weighted by Crippen LogP contribution is 2.28. The predicted molar refractivity (Wildman–Crippen MR) is 76.6 cm³/mol. The summed E-state index contributed by atoms with van der Waals surface area (Å²) >= 11 is 8.06. The minimum absolute atomic E-state index is 0.125. The van der Waals surface area contributed by atoms with Crippen molar-refractivity contribution in [2.24, 2.45) is 5.73 Å². The first-order valence-corrected chi connectivity index (χ1v) is 6.60. The lowest BCUT2D eigenvalue weighted by Crippen LogP contribution is -2.13. The average Bonchev–Trinajstić information content (AvgIpc) is 2.34. The molecule has 2 aromatic carbocycles. The molecule has 94 valence electrons. The van der Waals surface area contributed by atoms with Crippen LogP contribution in [-0.2, 0) is 0 Å². The van der Waals surface area contributed by atoms with Crippen LogP contribution in [0.4, 0.5) is 8.78 Å². The largest absolute Gasteiger partial charge is 0.320 e. The summed E-state index contributed by atoms with van der Waals surface area (Å²) in [6.45, 7) is 0. The molecule has 0 heterocycles. The monoisotopic (exact) mass is 379 g/mol. The van der Waals surface area contributed by atoms with Crippen LogP contribution in [0.25, 0.3) is 0 Å². The Balaban J connectivity index is 2.42. The summed E-state index contributed by atoms with van der Waals surface area (Å²) in [5, 5.41) is 0.125. The van der Waals surface area contributed by atoms with E-state index >= 15 is 0 Å². The van der Waals surface area contributed by atoms with Crippen molar-refractivity contribution in [2.45, 2.75) is 6.04 Å². The topological polar surface area (TPSA) is 26.0 Å². The summed E-state index contributed by atoms with van der Waals surface area (Å²) in [6.07, 6.45) is 0. The van der Waals surface area contributed by atoms with E-state index in [9.17, 15) is 8.78 Å². The molecule has 0 amide bonds. The van der Waals surface area contributed by atoms with Gasteiger partial charge in [-0.3, -0.25) is 0 Å². The molecule has 0 aliphatic carbocycles. The van der Waals surface area contributed by atoms with Gasteiger partial charge in [-0.05, 0) is 58.0 Å². The van der Waals surface area contributed by atoms with E-state index in [1.807, 2.05) is 24.3 Å². The Hall–Kier alpha value is -0.720. The van der Waals surface area contributed by atoms with Gasteiger partial charge >= 0.3 is 0 Å². The van der Waals surface area contributed by atoms with Gasteiger partial charge in [0.05, 0.1) is 6.04 Å². The van der Waals surface area contributed by atoms with E-state index in [0.717, 1.165) is 21.3 Å². The normalized spacial score (nSPS) is 12.5. The first kappa shape index (κ1) is 13.7. The molecule has 0 spiro atoms. The van der Waals surface area contributed by atoms with Crippen LogP contribution in [0, 0.1) is 15.2 Å². The Kier molecular flexibility index (Phi) is 4.19. The number of benzene rings is 2. The molecule has 0 bridgehead atoms. The maximum absolute atomic E-state index is 13.2. The van der Waals surface area contributed by atoms with Crippen LogP contribution in [0.5, 0.6) is 0 Å². The standard InChI is InChI=1S/C13H9ClF2IN/c14-10-6-12(16)11(15)5-9(10)13(18)7-1-3-8(17)4-2-7/h1-6,13H,18H2. The molecule has 1 unspecified atom stereocenters. The van der Waals surface area contributed by atoms with Crippen molar-refractivity contribution in [3.8, 4) is 0 Å². The molecule has 0 radical (unpaired) electrons. The number of nitrogens with two attached hydrogens (primary N) is 1. The first-order valence-electron chi connectivity index (χ1n) is 5.14. The van der Waals surface area contributed by atoms with Gasteiger partial charge in [0.25, 0.3) is 0 Å². The Labute approximate surface area is 122 Å². The van der Waals surface area contributed by atoms with Crippen LogP contribution in [-0.4, -0.2) is 0 Å². The molecule has 0 saturated heterocycles. The van der Waals surface area contributed by atoms with Crippen LogP contribution in [0.15, 0.2) is 36.4 Å². The second kappa shape index (κ2) is 5.50. The molecule has 2 rings (SSSR count). The summed E-state index contributed by atoms with van der Waals surface area (Å²) in [6, 6.07) is 8.87. The molecule has 1 nitrogen and oxygen atoms in total. The van der Waals surface area contributed by atoms with Gasteiger partial charge in [-0.2, -0.15) is 0 Å². The van der Waals surface area contributed by atoms with E-state index in [4.69, 9.17) is 17.3 Å². The zero-order valence-electron chi connectivity index (χ0n) is 9.13. The first-order chi connectivity index (χ1) is 8.49. The fourth-order valence-electron chi connectivity index (χ4n) is 1.63. The Morgan fingerprint density at radius 2 is 1.61 bits per heavy atom. The molecule has 0 saturated carbocycles. The van der Waals surface area contributed by atoms with Crippen molar-refractivity contribution in [2.75, 3.05) is 0 Å². The molecule has 2 N–H and O–H groups in total. The number of hydrogen-bond acceptors (Lipinski definition) is 1. The minimum Gasteiger partial charge on any atom is -0.320 e. The second-order valence-corrected chi connectivity index (χ2v) is 5.47. The van der Waals surface area contributed by atoms with E-state index in [1.54, 1.807) is 0 Å². The van der Waals surface area contributed by atoms with Gasteiger partial charge < -0.3 is 5.73 Å². The van der Waals surface area contributed by atoms with Crippen LogP contribution in [0.3, 0.4) is 0 Å². The Morgan fingerprint density at radius 3 is 2.22 bits per heavy atom. The lowest BCUT2D eigenvalue weighted by atomic mass is 9.99. The molecule has 1 atom stereocenters. The van der Waals surface area contributed by atoms with Crippen molar-refractivity contribution < 1.29 is 8.78 Å². The highest BCUT2D eigenvalue weighted by Gasteiger charge is 2.16. The van der Waals surface area contributed by atoms with Crippen molar-refractivity contribution in [3.05, 3.63) is 67.8 Å². The predicted octanol–water partition coefficient (Wildman–Crippen LogP) is 4.27. The number of hydrogen-bond donors (Lipinski definition) is 1. The molecule has 0 fully saturated rings. The minimum atomic E-state index is -0.974. The molecule has 0 aliphatic rings. The van der Waals surface area contributed by atoms with E-state index < -0.39 is 17.7 Å². The molecule has 2 aromatic rings. The summed E-state index contributed by atoms with van der Waals surface area (Å²) in [7, 11) is 0. The second-order valence-electron chi connectivity index (χ2n) is 3.82. The number of rotatable bonds is 2. The molecule has 5 heteroatoms. The van der Waals surface area contributed by atoms with E-state index in [2.05, 4.69) is 22.6 Å². The van der Waals surface area contributed by atoms with Gasteiger partial charge in [-0.25, -0.2) is 8.78 Å². The maximum Gasteiger partial charge on any atom is 0.160 e. The quantitative estimate of drug-likeness (QED) is 0.612. The van der Waals surface area contributed by atoms with E-state index in [0.29, 0.717) is 5.56 Å². The maximum atomic E-state index is 13.2. The van der Waals surface area contributed by atoms with Crippen molar-refractivity contribution in [3.63, 3.8) is 0 Å². The van der Waals surface area contributed by atoms with Crippen molar-refractivity contribution in [1.82, 2.24) is 0 Å². The third kappa shape index (κ3) is 2.81. The molecule has 18 heavy (non-hydrogen) atoms. The fraction of sp³-hybridized carbons (Fsp3) is 0.0769. The van der Waals surface area contributed by atoms with Gasteiger partial charge in [0.2, 0.25) is 0 Å². The summed E-state index contributed by atoms with van der Waals surface area (Å²) < 4.78 is 27.3. The van der Waals surface area contributed by atoms with Crippen molar-refractivity contribution in [1.29, 1.82) is 0 Å². The Morgan fingerprint density at radius 1 is 1.06 bits per heavy atom. The van der Waals surface area contributed by atoms with Crippen LogP contribution in [0.2, 0.25) is 5.02 Å². The van der Waals surface area contributed by atoms with Gasteiger partial charge in [-0.15, -0.1) is 0 Å². The Bertz CT molecular complexity index is 572. The molecule has 0 aromatic heterocycles. The highest BCUT2D eigenvalue weighted by atomic mass is 127. The van der Waals surface area contributed by atoms with Gasteiger partial charge in [0, 0.05) is 8.59 Å². The highest BCUT2D eigenvalue weighted by molar-refractivity contribution is 14.1. The zero-order chi connectivity index (χ0) is 13.3. The molecule has 0 aliphatic heterocycles. The summed E-state index contributed by atoms with van der Waals surface area (Å²) in [5.41, 5.74) is 7.18. The smallest absolute Gasteiger partial charge is 0.160 e. The van der Waals surface area contributed by atoms with Gasteiger partial charge in [0.1, 0.15) is 0 Å².